The first-order chi connectivity index (χ1) is 24.0. The van der Waals surface area contributed by atoms with Gasteiger partial charge in [-0.2, -0.15) is 0 Å². The van der Waals surface area contributed by atoms with Gasteiger partial charge in [-0.1, -0.05) is 56.1 Å². The topological polar surface area (TPSA) is 74.6 Å². The number of likely N-dealkylation sites (N-methyl/N-ethyl adjacent to an activating group) is 1. The van der Waals surface area contributed by atoms with Gasteiger partial charge in [-0.3, -0.25) is 4.90 Å². The van der Waals surface area contributed by atoms with Gasteiger partial charge in [0.15, 0.2) is 0 Å². The van der Waals surface area contributed by atoms with Gasteiger partial charge >= 0.3 is 12.7 Å². The summed E-state index contributed by atoms with van der Waals surface area (Å²) in [5, 5.41) is 19.8. The Labute approximate surface area is 308 Å². The van der Waals surface area contributed by atoms with Crippen molar-refractivity contribution in [3.8, 4) is 11.5 Å². The van der Waals surface area contributed by atoms with Gasteiger partial charge in [0.25, 0.3) is 0 Å². The number of benzene rings is 4. The zero-order valence-electron chi connectivity index (χ0n) is 27.5. The van der Waals surface area contributed by atoms with E-state index in [1.54, 1.807) is 24.3 Å². The summed E-state index contributed by atoms with van der Waals surface area (Å²) >= 11 is 6.85. The summed E-state index contributed by atoms with van der Waals surface area (Å²) in [6, 6.07) is 22.5. The molecule has 7 nitrogen and oxygen atoms in total. The molecule has 2 N–H and O–H groups in total. The lowest BCUT2D eigenvalue weighted by Crippen LogP contribution is -2.29. The molecule has 0 saturated carbocycles. The number of aliphatic hydroxyl groups excluding tert-OH is 2. The van der Waals surface area contributed by atoms with Crippen molar-refractivity contribution >= 4 is 43.2 Å². The molecule has 1 aliphatic heterocycles. The van der Waals surface area contributed by atoms with Gasteiger partial charge in [-0.15, -0.1) is 26.3 Å². The summed E-state index contributed by atoms with van der Waals surface area (Å²) < 4.78 is 90.2. The van der Waals surface area contributed by atoms with Crippen LogP contribution in [0.15, 0.2) is 93.9 Å². The molecule has 276 valence electrons. The van der Waals surface area contributed by atoms with Crippen LogP contribution in [0.1, 0.15) is 35.3 Å². The molecule has 15 heteroatoms. The van der Waals surface area contributed by atoms with Crippen LogP contribution in [0.2, 0.25) is 0 Å². The molecule has 0 aliphatic carbocycles. The van der Waals surface area contributed by atoms with Crippen LogP contribution in [-0.4, -0.2) is 67.3 Å². The highest BCUT2D eigenvalue weighted by atomic mass is 79.9. The molecule has 0 saturated heterocycles. The van der Waals surface area contributed by atoms with Gasteiger partial charge in [0.1, 0.15) is 17.6 Å². The molecule has 0 bridgehead atoms. The highest BCUT2D eigenvalue weighted by Gasteiger charge is 2.32. The molecule has 4 aromatic carbocycles. The first-order valence-corrected chi connectivity index (χ1v) is 17.2. The molecule has 51 heavy (non-hydrogen) atoms. The number of alkyl halides is 6. The van der Waals surface area contributed by atoms with E-state index in [0.717, 1.165) is 32.2 Å². The molecule has 1 heterocycles. The second-order valence-electron chi connectivity index (χ2n) is 11.7. The minimum absolute atomic E-state index is 0.000777. The van der Waals surface area contributed by atoms with Crippen LogP contribution >= 0.6 is 31.9 Å². The van der Waals surface area contributed by atoms with E-state index in [1.807, 2.05) is 48.0 Å². The van der Waals surface area contributed by atoms with E-state index in [1.165, 1.54) is 36.4 Å². The zero-order valence-corrected chi connectivity index (χ0v) is 30.7. The average Bonchev–Trinajstić information content (AvgIpc) is 3.02. The quantitative estimate of drug-likeness (QED) is 0.163. The highest BCUT2D eigenvalue weighted by molar-refractivity contribution is 9.10. The Hall–Kier alpha value is -3.34. The molecular weight excluding hydrogens is 814 g/mol. The van der Waals surface area contributed by atoms with Gasteiger partial charge in [-0.05, 0) is 90.8 Å². The summed E-state index contributed by atoms with van der Waals surface area (Å²) in [6.07, 6.45) is -9.81. The van der Waals surface area contributed by atoms with E-state index in [4.69, 9.17) is 9.84 Å². The Kier molecular flexibility index (Phi) is 14.2. The lowest BCUT2D eigenvalue weighted by atomic mass is 9.96. The maximum absolute atomic E-state index is 12.5. The number of rotatable bonds is 9. The van der Waals surface area contributed by atoms with E-state index in [2.05, 4.69) is 41.3 Å². The predicted octanol–water partition coefficient (Wildman–Crippen LogP) is 9.30. The highest BCUT2D eigenvalue weighted by Crippen LogP contribution is 2.36. The summed E-state index contributed by atoms with van der Waals surface area (Å²) in [5.41, 5.74) is 4.32. The summed E-state index contributed by atoms with van der Waals surface area (Å²) in [4.78, 5) is 3.83. The van der Waals surface area contributed by atoms with Crippen molar-refractivity contribution in [2.75, 3.05) is 38.3 Å². The second kappa shape index (κ2) is 17.9. The van der Waals surface area contributed by atoms with Crippen LogP contribution in [0.3, 0.4) is 0 Å². The number of aliphatic hydroxyl groups is 2. The van der Waals surface area contributed by atoms with Crippen molar-refractivity contribution in [2.45, 2.75) is 44.8 Å². The van der Waals surface area contributed by atoms with Crippen LogP contribution in [0, 0.1) is 0 Å². The standard InChI is InChI=1S/C18H19BrF3NO3.C18H17BrF3NO2/c1-23(7-8-24)11-13-9-14(19)5-6-16(13)17(25)12-3-2-4-15(10-12)26-18(20,21)22;1-12-9-13-10-14(19)5-6-17(13)23(7-8-24-12)15-3-2-4-16(11-15)25-18(20,21)22/h2-6,9-10,17,24-25H,7-8,11H2,1H3;2-6,10-12H,7-9H2,1H3. The second-order valence-corrected chi connectivity index (χ2v) is 13.5. The molecule has 0 amide bonds. The third-order valence-electron chi connectivity index (χ3n) is 7.65. The molecular formula is C36H36Br2F6N2O5. The molecule has 5 rings (SSSR count). The maximum atomic E-state index is 12.5. The minimum Gasteiger partial charge on any atom is -0.406 e. The van der Waals surface area contributed by atoms with Crippen LogP contribution in [0.4, 0.5) is 37.7 Å². The lowest BCUT2D eigenvalue weighted by Gasteiger charge is -2.31. The van der Waals surface area contributed by atoms with Gasteiger partial charge in [-0.25, -0.2) is 0 Å². The van der Waals surface area contributed by atoms with E-state index in [9.17, 15) is 31.4 Å². The number of hydrogen-bond donors (Lipinski definition) is 2. The van der Waals surface area contributed by atoms with Crippen molar-refractivity contribution in [1.82, 2.24) is 4.90 Å². The summed E-state index contributed by atoms with van der Waals surface area (Å²) in [7, 11) is 1.82. The Morgan fingerprint density at radius 3 is 2.18 bits per heavy atom. The predicted molar refractivity (Wildman–Crippen MR) is 188 cm³/mol. The molecule has 0 spiro atoms. The van der Waals surface area contributed by atoms with Gasteiger partial charge in [0, 0.05) is 52.4 Å². The van der Waals surface area contributed by atoms with E-state index in [-0.39, 0.29) is 24.2 Å². The Balaban J connectivity index is 0.000000229. The SMILES string of the molecule is CC1Cc2cc(Br)ccc2N(c2cccc(OC(F)(F)F)c2)CCO1.CN(CCO)Cc1cc(Br)ccc1C(O)c1cccc(OC(F)(F)F)c1. The third-order valence-corrected chi connectivity index (χ3v) is 8.64. The van der Waals surface area contributed by atoms with E-state index in [0.29, 0.717) is 43.1 Å². The van der Waals surface area contributed by atoms with Gasteiger partial charge in [0.2, 0.25) is 0 Å². The molecule has 0 fully saturated rings. The lowest BCUT2D eigenvalue weighted by molar-refractivity contribution is -0.275. The monoisotopic (exact) mass is 848 g/mol. The zero-order chi connectivity index (χ0) is 37.3. The summed E-state index contributed by atoms with van der Waals surface area (Å²) in [5.74, 6) is -0.620. The largest absolute Gasteiger partial charge is 0.573 e. The van der Waals surface area contributed by atoms with E-state index < -0.39 is 18.8 Å². The van der Waals surface area contributed by atoms with Crippen LogP contribution in [0.5, 0.6) is 11.5 Å². The molecule has 0 aromatic heterocycles. The van der Waals surface area contributed by atoms with E-state index >= 15 is 0 Å². The van der Waals surface area contributed by atoms with Crippen molar-refractivity contribution in [2.24, 2.45) is 0 Å². The fourth-order valence-corrected chi connectivity index (χ4v) is 6.33. The Morgan fingerprint density at radius 2 is 1.51 bits per heavy atom. The number of halogens is 8. The maximum Gasteiger partial charge on any atom is 0.573 e. The minimum atomic E-state index is -4.79. The number of fused-ring (bicyclic) bond motifs is 1. The van der Waals surface area contributed by atoms with Gasteiger partial charge in [0.05, 0.1) is 19.3 Å². The molecule has 1 aliphatic rings. The van der Waals surface area contributed by atoms with Crippen LogP contribution in [-0.2, 0) is 17.7 Å². The third kappa shape index (κ3) is 12.7. The smallest absolute Gasteiger partial charge is 0.406 e. The molecule has 2 atom stereocenters. The number of nitrogens with zero attached hydrogens (tertiary/aromatic N) is 2. The molecule has 0 radical (unpaired) electrons. The van der Waals surface area contributed by atoms with Crippen molar-refractivity contribution < 1.29 is 50.8 Å². The fourth-order valence-electron chi connectivity index (χ4n) is 5.51. The first kappa shape index (κ1) is 40.4. The Bertz CT molecular complexity index is 1740. The average molecular weight is 850 g/mol. The first-order valence-electron chi connectivity index (χ1n) is 15.7. The molecule has 2 unspecified atom stereocenters. The number of anilines is 2. The van der Waals surface area contributed by atoms with Crippen molar-refractivity contribution in [3.63, 3.8) is 0 Å². The van der Waals surface area contributed by atoms with Crippen LogP contribution < -0.4 is 14.4 Å². The summed E-state index contributed by atoms with van der Waals surface area (Å²) in [6.45, 7) is 3.95. The normalized spacial score (nSPS) is 15.6. The number of hydrogen-bond acceptors (Lipinski definition) is 7. The van der Waals surface area contributed by atoms with Crippen molar-refractivity contribution in [1.29, 1.82) is 0 Å². The fraction of sp³-hybridized carbons (Fsp3) is 0.333. The Morgan fingerprint density at radius 1 is 0.882 bits per heavy atom. The van der Waals surface area contributed by atoms with Crippen molar-refractivity contribution in [3.05, 3.63) is 116 Å². The van der Waals surface area contributed by atoms with Crippen LogP contribution in [0.25, 0.3) is 0 Å². The number of ether oxygens (including phenoxy) is 3. The van der Waals surface area contributed by atoms with Gasteiger partial charge < -0.3 is 29.3 Å². The molecule has 4 aromatic rings.